The van der Waals surface area contributed by atoms with E-state index < -0.39 is 0 Å². The summed E-state index contributed by atoms with van der Waals surface area (Å²) in [4.78, 5) is 0. The van der Waals surface area contributed by atoms with Gasteiger partial charge in [0.25, 0.3) is 0 Å². The molecule has 0 amide bonds. The molecule has 0 heterocycles. The Kier molecular flexibility index (Phi) is 2.37. The van der Waals surface area contributed by atoms with E-state index >= 15 is 0 Å². The molecule has 0 aromatic carbocycles. The summed E-state index contributed by atoms with van der Waals surface area (Å²) >= 11 is 0. The topological polar surface area (TPSA) is 0 Å². The second kappa shape index (κ2) is 3.50. The summed E-state index contributed by atoms with van der Waals surface area (Å²) in [5.74, 6) is 4.56. The average molecular weight is 206 g/mol. The highest BCUT2D eigenvalue weighted by Crippen LogP contribution is 2.83. The van der Waals surface area contributed by atoms with Crippen LogP contribution in [0.3, 0.4) is 0 Å². The smallest absolute Gasteiger partial charge is 0.0232 e. The molecule has 0 aliphatic heterocycles. The maximum atomic E-state index is 2.48. The maximum Gasteiger partial charge on any atom is -0.0232 e. The normalized spacial score (nSPS) is 43.6. The molecule has 3 saturated carbocycles. The number of rotatable bonds is 7. The van der Waals surface area contributed by atoms with E-state index in [2.05, 4.69) is 13.8 Å². The number of fused-ring (bicyclic) bond motifs is 1. The van der Waals surface area contributed by atoms with Crippen LogP contribution in [0.5, 0.6) is 0 Å². The van der Waals surface area contributed by atoms with Crippen molar-refractivity contribution < 1.29 is 0 Å². The predicted molar refractivity (Wildman–Crippen MR) is 64.7 cm³/mol. The second-order valence-corrected chi connectivity index (χ2v) is 6.65. The zero-order valence-corrected chi connectivity index (χ0v) is 10.5. The summed E-state index contributed by atoms with van der Waals surface area (Å²) in [6, 6.07) is 0. The van der Waals surface area contributed by atoms with Crippen molar-refractivity contribution in [3.8, 4) is 0 Å². The van der Waals surface area contributed by atoms with Gasteiger partial charge < -0.3 is 0 Å². The Morgan fingerprint density at radius 1 is 1.33 bits per heavy atom. The van der Waals surface area contributed by atoms with E-state index in [9.17, 15) is 0 Å². The molecule has 4 unspecified atom stereocenters. The molecule has 0 saturated heterocycles. The molecule has 0 bridgehead atoms. The molecule has 0 heteroatoms. The van der Waals surface area contributed by atoms with Gasteiger partial charge in [-0.1, -0.05) is 33.1 Å². The Morgan fingerprint density at radius 3 is 2.73 bits per heavy atom. The molecule has 0 N–H and O–H groups in total. The predicted octanol–water partition coefficient (Wildman–Crippen LogP) is 4.64. The standard InChI is InChI=1S/C15H26/c1-3-9-15-10-14(15)13(15)6-4-5-11(2)12-7-8-12/h11-14H,3-10H2,1-2H3. The lowest BCUT2D eigenvalue weighted by Gasteiger charge is -2.13. The summed E-state index contributed by atoms with van der Waals surface area (Å²) in [5, 5.41) is 0. The highest BCUT2D eigenvalue weighted by atomic mass is 14.8. The van der Waals surface area contributed by atoms with E-state index in [4.69, 9.17) is 0 Å². The first kappa shape index (κ1) is 10.2. The molecule has 15 heavy (non-hydrogen) atoms. The molecule has 0 aromatic rings. The van der Waals surface area contributed by atoms with Crippen molar-refractivity contribution >= 4 is 0 Å². The summed E-state index contributed by atoms with van der Waals surface area (Å²) in [6.45, 7) is 4.84. The van der Waals surface area contributed by atoms with Gasteiger partial charge in [0.15, 0.2) is 0 Å². The fourth-order valence-corrected chi connectivity index (χ4v) is 4.14. The molecule has 86 valence electrons. The maximum absolute atomic E-state index is 2.48. The van der Waals surface area contributed by atoms with Crippen molar-refractivity contribution in [2.45, 2.75) is 65.2 Å². The summed E-state index contributed by atoms with van der Waals surface area (Å²) in [7, 11) is 0. The van der Waals surface area contributed by atoms with Gasteiger partial charge in [-0.2, -0.15) is 0 Å². The van der Waals surface area contributed by atoms with Crippen LogP contribution in [0.4, 0.5) is 0 Å². The van der Waals surface area contributed by atoms with Gasteiger partial charge in [0.2, 0.25) is 0 Å². The van der Waals surface area contributed by atoms with Crippen molar-refractivity contribution in [3.63, 3.8) is 0 Å². The van der Waals surface area contributed by atoms with Crippen molar-refractivity contribution in [1.82, 2.24) is 0 Å². The minimum Gasteiger partial charge on any atom is -0.0654 e. The Balaban J connectivity index is 1.31. The molecule has 3 rings (SSSR count). The first-order chi connectivity index (χ1) is 7.28. The van der Waals surface area contributed by atoms with Crippen LogP contribution in [-0.4, -0.2) is 0 Å². The van der Waals surface area contributed by atoms with Gasteiger partial charge in [-0.05, 0) is 61.2 Å². The van der Waals surface area contributed by atoms with Crippen LogP contribution >= 0.6 is 0 Å². The largest absolute Gasteiger partial charge is 0.0654 e. The van der Waals surface area contributed by atoms with Crippen molar-refractivity contribution in [2.24, 2.45) is 29.1 Å². The quantitative estimate of drug-likeness (QED) is 0.569. The molecule has 4 atom stereocenters. The fourth-order valence-electron chi connectivity index (χ4n) is 4.14. The lowest BCUT2D eigenvalue weighted by molar-refractivity contribution is 0.382. The van der Waals surface area contributed by atoms with Gasteiger partial charge in [-0.25, -0.2) is 0 Å². The molecule has 3 aliphatic rings. The zero-order chi connectivity index (χ0) is 10.5. The third-order valence-electron chi connectivity index (χ3n) is 5.61. The molecular formula is C15H26. The van der Waals surface area contributed by atoms with Gasteiger partial charge in [-0.15, -0.1) is 0 Å². The van der Waals surface area contributed by atoms with Crippen LogP contribution in [-0.2, 0) is 0 Å². The van der Waals surface area contributed by atoms with Gasteiger partial charge in [0, 0.05) is 0 Å². The van der Waals surface area contributed by atoms with Gasteiger partial charge in [0.05, 0.1) is 0 Å². The van der Waals surface area contributed by atoms with Gasteiger partial charge in [-0.3, -0.25) is 0 Å². The Morgan fingerprint density at radius 2 is 2.13 bits per heavy atom. The zero-order valence-electron chi connectivity index (χ0n) is 10.5. The first-order valence-electron chi connectivity index (χ1n) is 7.28. The van der Waals surface area contributed by atoms with Crippen LogP contribution in [0.1, 0.15) is 65.2 Å². The monoisotopic (exact) mass is 206 g/mol. The van der Waals surface area contributed by atoms with Crippen molar-refractivity contribution in [3.05, 3.63) is 0 Å². The molecule has 0 aromatic heterocycles. The lowest BCUT2D eigenvalue weighted by Crippen LogP contribution is -2.02. The highest BCUT2D eigenvalue weighted by Gasteiger charge is 2.76. The summed E-state index contributed by atoms with van der Waals surface area (Å²) in [6.07, 6.45) is 12.3. The van der Waals surface area contributed by atoms with E-state index in [0.29, 0.717) is 0 Å². The van der Waals surface area contributed by atoms with E-state index in [1.807, 2.05) is 0 Å². The lowest BCUT2D eigenvalue weighted by atomic mass is 9.92. The highest BCUT2D eigenvalue weighted by molar-refractivity contribution is 5.24. The Hall–Kier alpha value is 0. The summed E-state index contributed by atoms with van der Waals surface area (Å²) < 4.78 is 0. The fraction of sp³-hybridized carbons (Fsp3) is 1.00. The van der Waals surface area contributed by atoms with E-state index in [1.54, 1.807) is 19.3 Å². The Bertz CT molecular complexity index is 240. The minimum atomic E-state index is 0.928. The van der Waals surface area contributed by atoms with E-state index in [0.717, 1.165) is 17.3 Å². The van der Waals surface area contributed by atoms with Crippen LogP contribution in [0.25, 0.3) is 0 Å². The number of hydrogen-bond donors (Lipinski definition) is 0. The molecule has 3 fully saturated rings. The molecular weight excluding hydrogens is 180 g/mol. The molecule has 0 radical (unpaired) electrons. The number of hydrogen-bond acceptors (Lipinski definition) is 0. The second-order valence-electron chi connectivity index (χ2n) is 6.65. The third kappa shape index (κ3) is 1.74. The van der Waals surface area contributed by atoms with Gasteiger partial charge in [0.1, 0.15) is 0 Å². The van der Waals surface area contributed by atoms with Crippen LogP contribution in [0.2, 0.25) is 0 Å². The minimum absolute atomic E-state index is 0.928. The molecule has 0 nitrogen and oxygen atoms in total. The summed E-state index contributed by atoms with van der Waals surface area (Å²) in [5.41, 5.74) is 0.928. The van der Waals surface area contributed by atoms with Crippen LogP contribution in [0, 0.1) is 29.1 Å². The van der Waals surface area contributed by atoms with E-state index in [1.165, 1.54) is 43.9 Å². The molecule has 3 aliphatic carbocycles. The van der Waals surface area contributed by atoms with E-state index in [-0.39, 0.29) is 0 Å². The average Bonchev–Trinajstić information content (AvgIpc) is 3.02. The van der Waals surface area contributed by atoms with Crippen molar-refractivity contribution in [2.75, 3.05) is 0 Å². The van der Waals surface area contributed by atoms with Crippen molar-refractivity contribution in [1.29, 1.82) is 0 Å². The van der Waals surface area contributed by atoms with Gasteiger partial charge >= 0.3 is 0 Å². The van der Waals surface area contributed by atoms with Crippen LogP contribution < -0.4 is 0 Å². The molecule has 0 spiro atoms. The Labute approximate surface area is 94.8 Å². The SMILES string of the molecule is CCCC12CC1C2CCCC(C)C1CC1. The van der Waals surface area contributed by atoms with Crippen LogP contribution in [0.15, 0.2) is 0 Å². The first-order valence-corrected chi connectivity index (χ1v) is 7.28. The third-order valence-corrected chi connectivity index (χ3v) is 5.61.